The number of nitrogens with zero attached hydrogens (tertiary/aromatic N) is 2. The Bertz CT molecular complexity index is 424. The van der Waals surface area contributed by atoms with Gasteiger partial charge in [0.25, 0.3) is 0 Å². The molecule has 0 amide bonds. The van der Waals surface area contributed by atoms with Gasteiger partial charge in [0.1, 0.15) is 5.15 Å². The van der Waals surface area contributed by atoms with Gasteiger partial charge in [0.2, 0.25) is 0 Å². The van der Waals surface area contributed by atoms with Crippen LogP contribution < -0.4 is 5.32 Å². The lowest BCUT2D eigenvalue weighted by atomic mass is 10.0. The molecule has 1 aromatic rings. The van der Waals surface area contributed by atoms with Crippen molar-refractivity contribution in [1.29, 1.82) is 0 Å². The second-order valence-electron chi connectivity index (χ2n) is 5.80. The van der Waals surface area contributed by atoms with Gasteiger partial charge in [-0.3, -0.25) is 4.90 Å². The zero-order valence-electron chi connectivity index (χ0n) is 11.5. The predicted molar refractivity (Wildman–Crippen MR) is 80.9 cm³/mol. The average Bonchev–Trinajstić information content (AvgIpc) is 3.16. The van der Waals surface area contributed by atoms with Crippen LogP contribution in [0.25, 0.3) is 0 Å². The van der Waals surface area contributed by atoms with Crippen molar-refractivity contribution in [2.75, 3.05) is 19.6 Å². The lowest BCUT2D eigenvalue weighted by Gasteiger charge is -2.34. The van der Waals surface area contributed by atoms with Crippen LogP contribution in [0.2, 0.25) is 5.15 Å². The molecular weight excluding hydrogens is 278 g/mol. The summed E-state index contributed by atoms with van der Waals surface area (Å²) in [6, 6.07) is 0.723. The first kappa shape index (κ1) is 13.8. The molecule has 1 saturated carbocycles. The highest BCUT2D eigenvalue weighted by atomic mass is 35.5. The van der Waals surface area contributed by atoms with Gasteiger partial charge in [-0.05, 0) is 51.6 Å². The molecule has 2 heterocycles. The van der Waals surface area contributed by atoms with Crippen LogP contribution in [0.3, 0.4) is 0 Å². The largest absolute Gasteiger partial charge is 0.317 e. The van der Waals surface area contributed by atoms with Crippen LogP contribution in [0.5, 0.6) is 0 Å². The van der Waals surface area contributed by atoms with Crippen molar-refractivity contribution in [2.24, 2.45) is 5.92 Å². The zero-order chi connectivity index (χ0) is 13.2. The molecule has 19 heavy (non-hydrogen) atoms. The summed E-state index contributed by atoms with van der Waals surface area (Å²) < 4.78 is 0. The summed E-state index contributed by atoms with van der Waals surface area (Å²) in [5.74, 6) is 0.933. The molecule has 1 saturated heterocycles. The van der Waals surface area contributed by atoms with Crippen molar-refractivity contribution in [3.05, 3.63) is 15.0 Å². The first-order valence-electron chi connectivity index (χ1n) is 7.29. The van der Waals surface area contributed by atoms with E-state index in [2.05, 4.69) is 15.2 Å². The van der Waals surface area contributed by atoms with Crippen molar-refractivity contribution in [3.63, 3.8) is 0 Å². The highest BCUT2D eigenvalue weighted by Gasteiger charge is 2.29. The van der Waals surface area contributed by atoms with E-state index in [9.17, 15) is 0 Å². The number of hydrogen-bond acceptors (Lipinski definition) is 4. The number of nitrogens with one attached hydrogen (secondary N) is 1. The summed E-state index contributed by atoms with van der Waals surface area (Å²) in [5, 5.41) is 5.26. The van der Waals surface area contributed by atoms with Crippen molar-refractivity contribution in [2.45, 2.75) is 45.2 Å². The molecule has 0 aromatic carbocycles. The van der Waals surface area contributed by atoms with E-state index in [4.69, 9.17) is 11.6 Å². The smallest absolute Gasteiger partial charge is 0.144 e. The van der Waals surface area contributed by atoms with Gasteiger partial charge in [-0.1, -0.05) is 11.6 Å². The Morgan fingerprint density at radius 2 is 2.05 bits per heavy atom. The van der Waals surface area contributed by atoms with E-state index in [1.807, 2.05) is 6.92 Å². The molecule has 2 fully saturated rings. The van der Waals surface area contributed by atoms with Gasteiger partial charge >= 0.3 is 0 Å². The number of thiazole rings is 1. The number of halogens is 1. The topological polar surface area (TPSA) is 28.2 Å². The minimum absolute atomic E-state index is 0.720. The first-order valence-corrected chi connectivity index (χ1v) is 8.48. The van der Waals surface area contributed by atoms with E-state index in [1.165, 1.54) is 37.1 Å². The molecular formula is C14H22ClN3S. The van der Waals surface area contributed by atoms with Gasteiger partial charge in [-0.25, -0.2) is 4.98 Å². The number of aryl methyl sites for hydroxylation is 1. The third-order valence-corrected chi connectivity index (χ3v) is 5.50. The van der Waals surface area contributed by atoms with Crippen LogP contribution in [0.1, 0.15) is 35.6 Å². The van der Waals surface area contributed by atoms with E-state index in [0.717, 1.165) is 41.8 Å². The summed E-state index contributed by atoms with van der Waals surface area (Å²) in [6.45, 7) is 6.59. The molecule has 5 heteroatoms. The van der Waals surface area contributed by atoms with Crippen LogP contribution in [0.4, 0.5) is 0 Å². The molecule has 0 unspecified atom stereocenters. The molecule has 0 spiro atoms. The number of hydrogen-bond donors (Lipinski definition) is 1. The van der Waals surface area contributed by atoms with Crippen LogP contribution in [0, 0.1) is 12.8 Å². The van der Waals surface area contributed by atoms with Gasteiger partial charge in [-0.2, -0.15) is 0 Å². The summed E-state index contributed by atoms with van der Waals surface area (Å²) in [4.78, 5) is 8.26. The summed E-state index contributed by atoms with van der Waals surface area (Å²) in [6.07, 6.45) is 5.36. The highest BCUT2D eigenvalue weighted by molar-refractivity contribution is 7.12. The molecule has 1 aromatic heterocycles. The predicted octanol–water partition coefficient (Wildman–Crippen LogP) is 3.07. The van der Waals surface area contributed by atoms with Crippen molar-refractivity contribution in [1.82, 2.24) is 15.2 Å². The molecule has 3 nitrogen and oxygen atoms in total. The van der Waals surface area contributed by atoms with Crippen LogP contribution in [-0.4, -0.2) is 35.6 Å². The SMILES string of the molecule is Cc1nc(Cl)c(CN(CC2CC2)C2CCNCC2)s1. The van der Waals surface area contributed by atoms with Crippen molar-refractivity contribution in [3.8, 4) is 0 Å². The molecule has 0 radical (unpaired) electrons. The fourth-order valence-electron chi connectivity index (χ4n) is 2.87. The Balaban J connectivity index is 1.68. The molecule has 2 aliphatic rings. The third kappa shape index (κ3) is 3.69. The second-order valence-corrected chi connectivity index (χ2v) is 7.45. The van der Waals surface area contributed by atoms with Gasteiger partial charge < -0.3 is 5.32 Å². The van der Waals surface area contributed by atoms with Crippen LogP contribution in [0.15, 0.2) is 0 Å². The van der Waals surface area contributed by atoms with Gasteiger partial charge in [0, 0.05) is 19.1 Å². The summed E-state index contributed by atoms with van der Waals surface area (Å²) in [7, 11) is 0. The number of aromatic nitrogens is 1. The molecule has 1 aliphatic carbocycles. The van der Waals surface area contributed by atoms with Crippen LogP contribution >= 0.6 is 22.9 Å². The maximum atomic E-state index is 6.24. The fraction of sp³-hybridized carbons (Fsp3) is 0.786. The minimum atomic E-state index is 0.720. The standard InChI is InChI=1S/C14H22ClN3S/c1-10-17-14(15)13(19-10)9-18(8-11-2-3-11)12-4-6-16-7-5-12/h11-12,16H,2-9H2,1H3. The molecule has 1 aliphatic heterocycles. The molecule has 0 bridgehead atoms. The van der Waals surface area contributed by atoms with Gasteiger partial charge in [0.05, 0.1) is 9.88 Å². The number of rotatable bonds is 5. The van der Waals surface area contributed by atoms with Crippen molar-refractivity contribution < 1.29 is 0 Å². The van der Waals surface area contributed by atoms with Gasteiger partial charge in [0.15, 0.2) is 0 Å². The van der Waals surface area contributed by atoms with E-state index in [1.54, 1.807) is 11.3 Å². The molecule has 0 atom stereocenters. The Morgan fingerprint density at radius 3 is 2.63 bits per heavy atom. The normalized spacial score (nSPS) is 21.2. The zero-order valence-corrected chi connectivity index (χ0v) is 13.1. The second kappa shape index (κ2) is 6.08. The van der Waals surface area contributed by atoms with E-state index in [-0.39, 0.29) is 0 Å². The summed E-state index contributed by atoms with van der Waals surface area (Å²) in [5.41, 5.74) is 0. The Hall–Kier alpha value is -0.160. The minimum Gasteiger partial charge on any atom is -0.317 e. The van der Waals surface area contributed by atoms with Gasteiger partial charge in [-0.15, -0.1) is 11.3 Å². The fourth-order valence-corrected chi connectivity index (χ4v) is 4.08. The third-order valence-electron chi connectivity index (χ3n) is 4.12. The Labute approximate surface area is 124 Å². The van der Waals surface area contributed by atoms with E-state index >= 15 is 0 Å². The van der Waals surface area contributed by atoms with Crippen molar-refractivity contribution >= 4 is 22.9 Å². The quantitative estimate of drug-likeness (QED) is 0.906. The monoisotopic (exact) mass is 299 g/mol. The lowest BCUT2D eigenvalue weighted by molar-refractivity contribution is 0.148. The first-order chi connectivity index (χ1) is 9.22. The lowest BCUT2D eigenvalue weighted by Crippen LogP contribution is -2.43. The Kier molecular flexibility index (Phi) is 4.42. The maximum absolute atomic E-state index is 6.24. The van der Waals surface area contributed by atoms with E-state index in [0.29, 0.717) is 0 Å². The molecule has 1 N–H and O–H groups in total. The summed E-state index contributed by atoms with van der Waals surface area (Å²) >= 11 is 7.99. The molecule has 3 rings (SSSR count). The molecule has 106 valence electrons. The van der Waals surface area contributed by atoms with Crippen LogP contribution in [-0.2, 0) is 6.54 Å². The average molecular weight is 300 g/mol. The Morgan fingerprint density at radius 1 is 1.32 bits per heavy atom. The maximum Gasteiger partial charge on any atom is 0.144 e. The number of piperidine rings is 1. The van der Waals surface area contributed by atoms with E-state index < -0.39 is 0 Å². The highest BCUT2D eigenvalue weighted by Crippen LogP contribution is 2.33.